The van der Waals surface area contributed by atoms with E-state index in [0.29, 0.717) is 11.7 Å². The van der Waals surface area contributed by atoms with Crippen LogP contribution < -0.4 is 4.90 Å². The molecule has 4 rings (SSSR count). The van der Waals surface area contributed by atoms with E-state index in [4.69, 9.17) is 4.74 Å². The molecule has 0 spiro atoms. The van der Waals surface area contributed by atoms with Crippen LogP contribution in [0.3, 0.4) is 0 Å². The van der Waals surface area contributed by atoms with Crippen molar-refractivity contribution in [1.82, 2.24) is 9.29 Å². The first-order valence-corrected chi connectivity index (χ1v) is 11.7. The number of anilines is 1. The maximum absolute atomic E-state index is 14.5. The number of carbonyl (C=O) groups is 1. The van der Waals surface area contributed by atoms with Crippen LogP contribution in [0.25, 0.3) is 10.2 Å². The molecule has 10 heteroatoms. The summed E-state index contributed by atoms with van der Waals surface area (Å²) in [5.41, 5.74) is 0.864. The van der Waals surface area contributed by atoms with Crippen molar-refractivity contribution >= 4 is 42.6 Å². The Morgan fingerprint density at radius 3 is 2.67 bits per heavy atom. The van der Waals surface area contributed by atoms with Crippen molar-refractivity contribution in [2.45, 2.75) is 11.8 Å². The Kier molecular flexibility index (Phi) is 5.83. The van der Waals surface area contributed by atoms with Gasteiger partial charge in [-0.25, -0.2) is 17.8 Å². The number of fused-ring (bicyclic) bond motifs is 1. The van der Waals surface area contributed by atoms with E-state index in [1.165, 1.54) is 26.6 Å². The van der Waals surface area contributed by atoms with Crippen LogP contribution in [-0.2, 0) is 14.8 Å². The highest BCUT2D eigenvalue weighted by molar-refractivity contribution is 7.89. The van der Waals surface area contributed by atoms with Gasteiger partial charge in [0.1, 0.15) is 10.7 Å². The molecule has 1 aliphatic rings. The summed E-state index contributed by atoms with van der Waals surface area (Å²) in [5, 5.41) is 0.505. The maximum atomic E-state index is 14.5. The standard InChI is InChI=1S/C20H20FN3O4S2/c1-2-24(20-22-16-5-3-4-6-17(16)29-20)19(25)14-7-8-15(21)18(13-14)30(26,27)23-9-11-28-12-10-23/h3-8,13H,2,9-12H2,1H3. The van der Waals surface area contributed by atoms with E-state index in [1.54, 1.807) is 6.92 Å². The molecule has 1 aliphatic heterocycles. The first-order chi connectivity index (χ1) is 14.4. The minimum atomic E-state index is -4.07. The Balaban J connectivity index is 1.69. The minimum absolute atomic E-state index is 0.0874. The topological polar surface area (TPSA) is 79.8 Å². The number of para-hydroxylation sites is 1. The number of amides is 1. The molecule has 1 aromatic heterocycles. The summed E-state index contributed by atoms with van der Waals surface area (Å²) in [6.07, 6.45) is 0. The number of hydrogen-bond donors (Lipinski definition) is 0. The molecule has 2 heterocycles. The molecule has 0 radical (unpaired) electrons. The van der Waals surface area contributed by atoms with Gasteiger partial charge >= 0.3 is 0 Å². The number of ether oxygens (including phenoxy) is 1. The van der Waals surface area contributed by atoms with Gasteiger partial charge in [0, 0.05) is 25.2 Å². The van der Waals surface area contributed by atoms with Gasteiger partial charge in [-0.2, -0.15) is 4.31 Å². The molecule has 0 unspecified atom stereocenters. The predicted octanol–water partition coefficient (Wildman–Crippen LogP) is 3.12. The van der Waals surface area contributed by atoms with Gasteiger partial charge in [0.15, 0.2) is 5.13 Å². The second-order valence-corrected chi connectivity index (χ2v) is 9.59. The number of benzene rings is 2. The van der Waals surface area contributed by atoms with E-state index in [9.17, 15) is 17.6 Å². The van der Waals surface area contributed by atoms with Crippen molar-refractivity contribution in [3.05, 3.63) is 53.8 Å². The molecule has 2 aromatic carbocycles. The van der Waals surface area contributed by atoms with Crippen molar-refractivity contribution in [1.29, 1.82) is 0 Å². The summed E-state index contributed by atoms with van der Waals surface area (Å²) in [6.45, 7) is 2.93. The first-order valence-electron chi connectivity index (χ1n) is 9.46. The minimum Gasteiger partial charge on any atom is -0.379 e. The van der Waals surface area contributed by atoms with Gasteiger partial charge in [-0.05, 0) is 37.3 Å². The number of carbonyl (C=O) groups excluding carboxylic acids is 1. The molecule has 7 nitrogen and oxygen atoms in total. The molecule has 3 aromatic rings. The quantitative estimate of drug-likeness (QED) is 0.598. The van der Waals surface area contributed by atoms with Gasteiger partial charge in [-0.1, -0.05) is 23.5 Å². The Morgan fingerprint density at radius 2 is 1.97 bits per heavy atom. The first kappa shape index (κ1) is 20.9. The van der Waals surface area contributed by atoms with Crippen LogP contribution in [0.15, 0.2) is 47.4 Å². The van der Waals surface area contributed by atoms with Crippen molar-refractivity contribution < 1.29 is 22.3 Å². The van der Waals surface area contributed by atoms with E-state index in [0.717, 1.165) is 22.3 Å². The molecule has 0 N–H and O–H groups in total. The Morgan fingerprint density at radius 1 is 1.23 bits per heavy atom. The molecule has 158 valence electrons. The lowest BCUT2D eigenvalue weighted by atomic mass is 10.2. The van der Waals surface area contributed by atoms with Crippen molar-refractivity contribution in [3.63, 3.8) is 0 Å². The van der Waals surface area contributed by atoms with Crippen LogP contribution >= 0.6 is 11.3 Å². The summed E-state index contributed by atoms with van der Waals surface area (Å²) in [5.74, 6) is -1.32. The monoisotopic (exact) mass is 449 g/mol. The molecule has 1 amide bonds. The summed E-state index contributed by atoms with van der Waals surface area (Å²) in [4.78, 5) is 18.6. The van der Waals surface area contributed by atoms with Gasteiger partial charge in [-0.15, -0.1) is 0 Å². The van der Waals surface area contributed by atoms with Gasteiger partial charge < -0.3 is 4.74 Å². The Labute approximate surface area is 177 Å². The number of morpholine rings is 1. The Bertz CT molecular complexity index is 1160. The summed E-state index contributed by atoms with van der Waals surface area (Å²) in [7, 11) is -4.07. The lowest BCUT2D eigenvalue weighted by Gasteiger charge is -2.26. The second kappa shape index (κ2) is 8.38. The van der Waals surface area contributed by atoms with Crippen LogP contribution in [0.5, 0.6) is 0 Å². The normalized spacial score (nSPS) is 15.4. The zero-order valence-electron chi connectivity index (χ0n) is 16.2. The third-order valence-electron chi connectivity index (χ3n) is 4.84. The van der Waals surface area contributed by atoms with Gasteiger partial charge in [0.2, 0.25) is 10.0 Å². The lowest BCUT2D eigenvalue weighted by molar-refractivity contribution is 0.0729. The summed E-state index contributed by atoms with van der Waals surface area (Å²) >= 11 is 1.37. The molecule has 0 saturated carbocycles. The largest absolute Gasteiger partial charge is 0.379 e. The number of sulfonamides is 1. The summed E-state index contributed by atoms with van der Waals surface area (Å²) < 4.78 is 47.6. The number of aromatic nitrogens is 1. The molecular weight excluding hydrogens is 429 g/mol. The second-order valence-electron chi connectivity index (χ2n) is 6.68. The molecule has 0 aliphatic carbocycles. The fraction of sp³-hybridized carbons (Fsp3) is 0.300. The number of hydrogen-bond acceptors (Lipinski definition) is 6. The van der Waals surface area contributed by atoms with Crippen LogP contribution in [0.2, 0.25) is 0 Å². The molecule has 1 fully saturated rings. The van der Waals surface area contributed by atoms with Crippen LogP contribution in [0, 0.1) is 5.82 Å². The predicted molar refractivity (Wildman–Crippen MR) is 113 cm³/mol. The zero-order valence-corrected chi connectivity index (χ0v) is 17.9. The fourth-order valence-corrected chi connectivity index (χ4v) is 5.78. The third-order valence-corrected chi connectivity index (χ3v) is 7.81. The maximum Gasteiger partial charge on any atom is 0.260 e. The van der Waals surface area contributed by atoms with E-state index in [1.807, 2.05) is 24.3 Å². The average molecular weight is 450 g/mol. The van der Waals surface area contributed by atoms with Crippen LogP contribution in [0.1, 0.15) is 17.3 Å². The van der Waals surface area contributed by atoms with E-state index >= 15 is 0 Å². The lowest BCUT2D eigenvalue weighted by Crippen LogP contribution is -2.41. The molecule has 1 saturated heterocycles. The molecule has 30 heavy (non-hydrogen) atoms. The molecular formula is C20H20FN3O4S2. The third kappa shape index (κ3) is 3.83. The van der Waals surface area contributed by atoms with Crippen molar-refractivity contribution in [2.75, 3.05) is 37.7 Å². The molecule has 0 atom stereocenters. The smallest absolute Gasteiger partial charge is 0.260 e. The highest BCUT2D eigenvalue weighted by Crippen LogP contribution is 2.30. The van der Waals surface area contributed by atoms with Crippen molar-refractivity contribution in [3.8, 4) is 0 Å². The highest BCUT2D eigenvalue weighted by atomic mass is 32.2. The van der Waals surface area contributed by atoms with Crippen LogP contribution in [0.4, 0.5) is 9.52 Å². The van der Waals surface area contributed by atoms with E-state index in [-0.39, 0.29) is 31.9 Å². The molecule has 0 bridgehead atoms. The van der Waals surface area contributed by atoms with Crippen molar-refractivity contribution in [2.24, 2.45) is 0 Å². The Hall–Kier alpha value is -2.40. The number of nitrogens with zero attached hydrogens (tertiary/aromatic N) is 3. The average Bonchev–Trinajstić information content (AvgIpc) is 3.18. The highest BCUT2D eigenvalue weighted by Gasteiger charge is 2.30. The van der Waals surface area contributed by atoms with Gasteiger partial charge in [0.05, 0.1) is 23.4 Å². The van der Waals surface area contributed by atoms with Crippen LogP contribution in [-0.4, -0.2) is 56.5 Å². The number of thiazole rings is 1. The van der Waals surface area contributed by atoms with Gasteiger partial charge in [0.25, 0.3) is 5.91 Å². The summed E-state index contributed by atoms with van der Waals surface area (Å²) in [6, 6.07) is 11.0. The van der Waals surface area contributed by atoms with E-state index < -0.39 is 26.6 Å². The van der Waals surface area contributed by atoms with Gasteiger partial charge in [-0.3, -0.25) is 9.69 Å². The zero-order chi connectivity index (χ0) is 21.3. The fourth-order valence-electron chi connectivity index (χ4n) is 3.26. The number of rotatable bonds is 5. The SMILES string of the molecule is CCN(C(=O)c1ccc(F)c(S(=O)(=O)N2CCOCC2)c1)c1nc2ccccc2s1. The number of halogens is 1. The van der Waals surface area contributed by atoms with E-state index in [2.05, 4.69) is 4.98 Å².